The van der Waals surface area contributed by atoms with Crippen LogP contribution in [0.15, 0.2) is 168 Å². The largest absolute Gasteiger partial charge is 1.00 e. The number of nitrogens with zero attached hydrogens (tertiary/aromatic N) is 6. The number of carboxylic acid groups (broad SMARTS) is 1. The van der Waals surface area contributed by atoms with Gasteiger partial charge in [-0.15, -0.1) is 16.6 Å². The molecule has 0 unspecified atom stereocenters. The third-order valence-corrected chi connectivity index (χ3v) is 18.9. The summed E-state index contributed by atoms with van der Waals surface area (Å²) >= 11 is 34.8. The molecule has 5 aromatic heterocycles. The molecule has 56 heteroatoms. The Morgan fingerprint density at radius 1 is 0.551 bits per heavy atom. The molecular weight excluding hydrogens is 2220 g/mol. The van der Waals surface area contributed by atoms with Crippen LogP contribution in [-0.2, 0) is 52.2 Å². The Bertz CT molecular complexity index is 5430. The van der Waals surface area contributed by atoms with E-state index in [9.17, 15) is 52.7 Å². The molecule has 0 aliphatic carbocycles. The van der Waals surface area contributed by atoms with E-state index in [1.54, 1.807) is 148 Å². The van der Waals surface area contributed by atoms with Crippen LogP contribution >= 0.6 is 167 Å². The van der Waals surface area contributed by atoms with Crippen LogP contribution in [0, 0.1) is 48.5 Å². The number of carbonyl (C=O) groups excluding carboxylic acids is 11. The monoisotopic (exact) mass is 2310 g/mol. The number of carbonyl (C=O) groups is 12. The smallest absolute Gasteiger partial charge is 1.00 e. The summed E-state index contributed by atoms with van der Waals surface area (Å²) in [4.78, 5) is 136. The zero-order valence-electron chi connectivity index (χ0n) is 76.5. The van der Waals surface area contributed by atoms with Gasteiger partial charge in [-0.05, 0) is 243 Å². The number of nitrogens with one attached hydrogen (secondary N) is 3. The molecule has 0 saturated heterocycles. The van der Waals surface area contributed by atoms with Crippen LogP contribution in [0.1, 0.15) is 142 Å². The van der Waals surface area contributed by atoms with Crippen molar-refractivity contribution in [2.45, 2.75) is 97.4 Å². The first kappa shape index (κ1) is 139. The van der Waals surface area contributed by atoms with Crippen molar-refractivity contribution in [3.8, 4) is 17.2 Å². The number of esters is 4. The SMILES string of the molecule is BrBr.C.CCOC(=O)/C(C(=S)NC(=O)Oc1ccccc1)=C(/C)N.CCOC(=O)/C=C(/C)N.CCOC(=O)c1c(C)nsc1N.CCOC(=O)c1c(C)nsc1NC(=O)Oc1ccccc1.Cc1ccccc1N.Cc1ccccc1NC(=O)c1c(C)nsc1N.Cc1nsc(N)c1C(=O)Cl.Cc1nsc(N)c1C(=O)O.O=C(Cl)CCl.O=C(N=C=S)Oc1ccccc1.O=CO[O-].O=S(Cl)Cl.[H-].[Na+].[Na+]. The number of anilines is 7. The number of halogens is 7. The van der Waals surface area contributed by atoms with Gasteiger partial charge in [0.25, 0.3) is 17.6 Å². The molecule has 4 amide bonds. The summed E-state index contributed by atoms with van der Waals surface area (Å²) in [6.07, 6.45) is -0.996. The molecule has 0 spiro atoms. The van der Waals surface area contributed by atoms with Crippen molar-refractivity contribution in [2.75, 3.05) is 71.6 Å². The average Bonchev–Trinajstić information content (AvgIpc) is 1.72. The van der Waals surface area contributed by atoms with Gasteiger partial charge in [0.15, 0.2) is 0 Å². The number of hydrogen-bond donors (Lipinski definition) is 11. The van der Waals surface area contributed by atoms with Gasteiger partial charge in [0.2, 0.25) is 14.5 Å². The number of thiocarbonyl (C=S) groups is 2. The third-order valence-electron chi connectivity index (χ3n) is 13.9. The fourth-order valence-electron chi connectivity index (χ4n) is 8.30. The number of aryl methyl sites for hydroxylation is 7. The van der Waals surface area contributed by atoms with Gasteiger partial charge in [0, 0.05) is 78.5 Å². The summed E-state index contributed by atoms with van der Waals surface area (Å²) in [6.45, 7) is 23.4. The van der Waals surface area contributed by atoms with Crippen molar-refractivity contribution < 1.29 is 171 Å². The van der Waals surface area contributed by atoms with Crippen molar-refractivity contribution in [2.24, 2.45) is 16.5 Å². The van der Waals surface area contributed by atoms with Gasteiger partial charge in [-0.25, -0.2) is 42.6 Å². The van der Waals surface area contributed by atoms with Crippen molar-refractivity contribution in [1.82, 2.24) is 27.2 Å². The molecule has 18 N–H and O–H groups in total. The summed E-state index contributed by atoms with van der Waals surface area (Å²) in [5.41, 5.74) is 47.1. The van der Waals surface area contributed by atoms with E-state index in [1.165, 1.54) is 13.0 Å². The molecular formula is C82H97Br2Cl5N16Na2O23S8. The number of aliphatic imine (C=N–C) groups is 1. The van der Waals surface area contributed by atoms with E-state index >= 15 is 0 Å². The van der Waals surface area contributed by atoms with Crippen LogP contribution in [0.2, 0.25) is 0 Å². The number of hydrogen-bond acceptors (Lipinski definition) is 41. The summed E-state index contributed by atoms with van der Waals surface area (Å²) in [5.74, 6) is -2.08. The quantitative estimate of drug-likeness (QED) is 0.00291. The number of allylic oxidation sites excluding steroid dienone is 2. The zero-order valence-corrected chi connectivity index (χ0v) is 93.0. The van der Waals surface area contributed by atoms with E-state index in [0.717, 1.165) is 80.2 Å². The minimum atomic E-state index is -1.67. The Hall–Kier alpha value is -9.62. The normalized spacial score (nSPS) is 9.45. The Morgan fingerprint density at radius 3 is 1.23 bits per heavy atom. The number of aromatic carboxylic acids is 1. The Balaban J connectivity index is -0.000000280. The van der Waals surface area contributed by atoms with Crippen molar-refractivity contribution >= 4 is 293 Å². The maximum atomic E-state index is 12.0. The number of aromatic nitrogens is 5. The molecule has 0 radical (unpaired) electrons. The number of rotatable bonds is 19. The molecule has 10 rings (SSSR count). The van der Waals surface area contributed by atoms with E-state index in [2.05, 4.69) is 114 Å². The average molecular weight is 2310 g/mol. The molecule has 0 atom stereocenters. The minimum Gasteiger partial charge on any atom is -1.00 e. The molecule has 5 heterocycles. The summed E-state index contributed by atoms with van der Waals surface area (Å²) in [6, 6.07) is 41.1. The second-order valence-corrected chi connectivity index (χ2v) is 31.9. The van der Waals surface area contributed by atoms with Gasteiger partial charge in [0.1, 0.15) is 69.5 Å². The molecule has 0 fully saturated rings. The van der Waals surface area contributed by atoms with E-state index in [1.807, 2.05) is 79.7 Å². The van der Waals surface area contributed by atoms with Gasteiger partial charge in [-0.2, -0.15) is 21.9 Å². The maximum Gasteiger partial charge on any atom is 1.00 e. The third kappa shape index (κ3) is 61.7. The molecule has 0 aliphatic rings. The predicted octanol–water partition coefficient (Wildman–Crippen LogP) is 12.3. The molecule has 0 bridgehead atoms. The number of nitrogen functional groups attached to an aromatic ring is 5. The van der Waals surface area contributed by atoms with E-state index in [0.29, 0.717) is 101 Å². The fraction of sp³-hybridized carbons (Fsp3) is 0.232. The van der Waals surface area contributed by atoms with Gasteiger partial charge in [0.05, 0.1) is 77.1 Å². The molecule has 10 aromatic rings. The minimum absolute atomic E-state index is 0. The van der Waals surface area contributed by atoms with Gasteiger partial charge in [-0.1, -0.05) is 111 Å². The van der Waals surface area contributed by atoms with Crippen LogP contribution in [0.5, 0.6) is 17.2 Å². The number of ether oxygens (including phenoxy) is 7. The summed E-state index contributed by atoms with van der Waals surface area (Å²) < 4.78 is 62.7. The summed E-state index contributed by atoms with van der Waals surface area (Å²) in [5, 5.41) is 27.3. The van der Waals surface area contributed by atoms with Crippen LogP contribution in [0.3, 0.4) is 0 Å². The molecule has 138 heavy (non-hydrogen) atoms. The number of amides is 4. The van der Waals surface area contributed by atoms with Gasteiger partial charge >= 0.3 is 107 Å². The number of nitrogens with two attached hydrogens (primary N) is 7. The Kier molecular flexibility index (Phi) is 82.8. The number of para-hydroxylation sites is 5. The molecule has 39 nitrogen and oxygen atoms in total. The van der Waals surface area contributed by atoms with Crippen LogP contribution in [0.25, 0.3) is 0 Å². The summed E-state index contributed by atoms with van der Waals surface area (Å²) in [7, 11) is 7.36. The maximum absolute atomic E-state index is 12.0. The number of carboxylic acids is 1. The number of alkyl halides is 1. The zero-order chi connectivity index (χ0) is 103. The topological polar surface area (TPSA) is 634 Å². The van der Waals surface area contributed by atoms with E-state index in [-0.39, 0.29) is 144 Å². The van der Waals surface area contributed by atoms with E-state index < -0.39 is 55.9 Å². The second-order valence-electron chi connectivity index (χ2n) is 23.8. The Labute approximate surface area is 914 Å². The first-order chi connectivity index (χ1) is 63.8. The predicted molar refractivity (Wildman–Crippen MR) is 550 cm³/mol. The fourth-order valence-corrected chi connectivity index (χ4v) is 12.4. The van der Waals surface area contributed by atoms with Crippen molar-refractivity contribution in [3.05, 3.63) is 230 Å². The molecule has 5 aromatic carbocycles. The van der Waals surface area contributed by atoms with E-state index in [4.69, 9.17) is 135 Å². The van der Waals surface area contributed by atoms with Crippen LogP contribution < -0.4 is 135 Å². The molecule has 0 saturated carbocycles. The Morgan fingerprint density at radius 2 is 0.906 bits per heavy atom. The first-order valence-electron chi connectivity index (χ1n) is 37.1. The van der Waals surface area contributed by atoms with Crippen molar-refractivity contribution in [3.63, 3.8) is 0 Å². The number of benzene rings is 5. The molecule has 0 aliphatic heterocycles. The second kappa shape index (κ2) is 82.1. The standard InChI is InChI=1S/C14H14N2O4S.C14H16N2O4S.C12H13N3OS.C8H5NO2S.C7H10N2O2S.C7H9N.C6H11NO2.C5H5ClN2OS.C5H6N2O2S.C2H2Cl2O.CH2O3.CH4.Br2.Cl2OS.2Na.H/c1-3-19-13(17)11-9(2)16-21-12(11)15-14(18)20-10-7-5-4-6-8-10;1-3-19-13(17)11(9(2)15)12(21)16-14(18)20-10-7-5-4-6-8-10;1-7-5-3-4-6-9(7)14-12(16)10-8(2)15-17-11(10)13;10-8(9-6-12)11-7-4-2-1-3-5-7;1-3-11-7(10)5-4(2)9-12-6(5)8;1-6-4-2-3-5-7(6)8;1-3-9-6(8)4-5(2)7;1-2-3(4(6)9)5(7)10-8-2;1-2-3(5(8)9)4(6)10-7-2;3-1-2(4)5;2-1-4-3;;1-2;1-4(2)3;;;/h4-8H,3H2,1-2H3,(H,15,18);4-8H,3,15H2,1-2H3,(H,16,18,21);3-6H,13H2,1-2H3,(H,14,16);1-5H;3,8H2,1-2H3;2-5H,8H2,1H3;4H,3,7H2,1-2H3;7H2,1H3;6H2,1H3,(H,8,9);1H2;1,3H;1H4;;;;;/q;;;;;;;;;;;;;;2*+1;-1/p-1/b;11-9-;;;;;5-4-;;;;;;;;;;. The first-order valence-corrected chi connectivity index (χ1v) is 49.6. The molecule has 742 valence electrons. The van der Waals surface area contributed by atoms with Crippen LogP contribution in [-0.4, -0.2) is 145 Å². The van der Waals surface area contributed by atoms with Crippen LogP contribution in [0.4, 0.5) is 50.8 Å². The van der Waals surface area contributed by atoms with Gasteiger partial charge in [-0.3, -0.25) is 29.8 Å². The van der Waals surface area contributed by atoms with Gasteiger partial charge < -0.3 is 95.3 Å². The number of isothiocyanates is 1. The van der Waals surface area contributed by atoms with Crippen molar-refractivity contribution in [1.29, 1.82) is 0 Å².